The van der Waals surface area contributed by atoms with Gasteiger partial charge in [-0.3, -0.25) is 0 Å². The van der Waals surface area contributed by atoms with Crippen LogP contribution in [0.5, 0.6) is 0 Å². The number of fused-ring (bicyclic) bond motifs is 2. The van der Waals surface area contributed by atoms with Gasteiger partial charge in [0.05, 0.1) is 0 Å². The fourth-order valence-corrected chi connectivity index (χ4v) is 5.18. The van der Waals surface area contributed by atoms with Gasteiger partial charge < -0.3 is 5.11 Å². The van der Waals surface area contributed by atoms with Crippen LogP contribution in [0.4, 0.5) is 0 Å². The molecule has 0 saturated heterocycles. The van der Waals surface area contributed by atoms with Crippen molar-refractivity contribution in [2.75, 3.05) is 0 Å². The quantitative estimate of drug-likeness (QED) is 0.764. The van der Waals surface area contributed by atoms with Gasteiger partial charge in [0.2, 0.25) is 0 Å². The molecule has 3 aliphatic carbocycles. The van der Waals surface area contributed by atoms with Crippen molar-refractivity contribution in [3.63, 3.8) is 0 Å². The van der Waals surface area contributed by atoms with Gasteiger partial charge in [-0.15, -0.1) is 0 Å². The standard InChI is InChI=1S/C23H28O2/c1-21(2)11-12-22(3,4)19-13-16(7-9-18(19)21)23-14-17(23)6-5-15(23)8-10-20(24)25/h5,7-10,13,17H,6,11-12,14H2,1-4H3,(H,24,25). The molecule has 0 heterocycles. The molecule has 0 bridgehead atoms. The van der Waals surface area contributed by atoms with Crippen LogP contribution in [0, 0.1) is 5.92 Å². The van der Waals surface area contributed by atoms with E-state index in [9.17, 15) is 4.79 Å². The van der Waals surface area contributed by atoms with Gasteiger partial charge >= 0.3 is 5.97 Å². The first-order valence-electron chi connectivity index (χ1n) is 9.44. The van der Waals surface area contributed by atoms with E-state index < -0.39 is 5.97 Å². The van der Waals surface area contributed by atoms with Crippen molar-refractivity contribution in [1.29, 1.82) is 0 Å². The SMILES string of the molecule is CC1(C)CCC(C)(C)c2cc(C34CC3CC=C4C=CC(=O)O)ccc21. The second kappa shape index (κ2) is 5.09. The highest BCUT2D eigenvalue weighted by Crippen LogP contribution is 2.65. The molecule has 0 spiro atoms. The highest BCUT2D eigenvalue weighted by Gasteiger charge is 2.59. The minimum Gasteiger partial charge on any atom is -0.478 e. The van der Waals surface area contributed by atoms with Crippen molar-refractivity contribution < 1.29 is 9.90 Å². The minimum atomic E-state index is -0.867. The topological polar surface area (TPSA) is 37.3 Å². The Kier molecular flexibility index (Phi) is 3.39. The molecule has 132 valence electrons. The van der Waals surface area contributed by atoms with Gasteiger partial charge in [0.1, 0.15) is 0 Å². The summed E-state index contributed by atoms with van der Waals surface area (Å²) >= 11 is 0. The van der Waals surface area contributed by atoms with Crippen LogP contribution in [0.2, 0.25) is 0 Å². The molecule has 2 unspecified atom stereocenters. The zero-order valence-electron chi connectivity index (χ0n) is 15.7. The number of carbonyl (C=O) groups is 1. The monoisotopic (exact) mass is 336 g/mol. The molecule has 4 rings (SSSR count). The lowest BCUT2D eigenvalue weighted by atomic mass is 9.62. The Morgan fingerprint density at radius 3 is 2.44 bits per heavy atom. The maximum absolute atomic E-state index is 11.0. The molecule has 2 nitrogen and oxygen atoms in total. The predicted octanol–water partition coefficient (Wildman–Crippen LogP) is 5.26. The van der Waals surface area contributed by atoms with Gasteiger partial charge in [-0.25, -0.2) is 4.79 Å². The van der Waals surface area contributed by atoms with E-state index in [-0.39, 0.29) is 16.2 Å². The number of carboxylic acid groups (broad SMARTS) is 1. The van der Waals surface area contributed by atoms with Gasteiger partial charge in [0, 0.05) is 11.5 Å². The average Bonchev–Trinajstić information content (AvgIpc) is 3.18. The van der Waals surface area contributed by atoms with Crippen molar-refractivity contribution in [3.8, 4) is 0 Å². The second-order valence-electron chi connectivity index (χ2n) is 9.47. The number of benzene rings is 1. The zero-order valence-corrected chi connectivity index (χ0v) is 15.7. The molecule has 1 saturated carbocycles. The highest BCUT2D eigenvalue weighted by molar-refractivity contribution is 5.81. The van der Waals surface area contributed by atoms with E-state index in [0.717, 1.165) is 12.8 Å². The van der Waals surface area contributed by atoms with Crippen molar-refractivity contribution >= 4 is 5.97 Å². The van der Waals surface area contributed by atoms with Crippen LogP contribution in [0.25, 0.3) is 0 Å². The number of aliphatic carboxylic acids is 1. The fraction of sp³-hybridized carbons (Fsp3) is 0.522. The molecule has 2 heteroatoms. The Morgan fingerprint density at radius 2 is 1.80 bits per heavy atom. The fourth-order valence-electron chi connectivity index (χ4n) is 5.18. The molecule has 1 N–H and O–H groups in total. The number of carboxylic acids is 1. The number of rotatable bonds is 3. The first kappa shape index (κ1) is 16.6. The van der Waals surface area contributed by atoms with Gasteiger partial charge in [-0.1, -0.05) is 58.0 Å². The molecule has 0 aliphatic heterocycles. The van der Waals surface area contributed by atoms with Crippen molar-refractivity contribution in [2.24, 2.45) is 5.92 Å². The molecular weight excluding hydrogens is 308 g/mol. The summed E-state index contributed by atoms with van der Waals surface area (Å²) in [6.07, 6.45) is 10.0. The van der Waals surface area contributed by atoms with Crippen molar-refractivity contribution in [2.45, 2.75) is 69.6 Å². The highest BCUT2D eigenvalue weighted by atomic mass is 16.4. The molecule has 0 aromatic heterocycles. The summed E-state index contributed by atoms with van der Waals surface area (Å²) in [6, 6.07) is 7.12. The Morgan fingerprint density at radius 1 is 1.12 bits per heavy atom. The van der Waals surface area contributed by atoms with E-state index in [0.29, 0.717) is 5.92 Å². The maximum Gasteiger partial charge on any atom is 0.328 e. The van der Waals surface area contributed by atoms with Crippen molar-refractivity contribution in [1.82, 2.24) is 0 Å². The molecule has 2 atom stereocenters. The third kappa shape index (κ3) is 2.41. The Labute approximate surface area is 150 Å². The van der Waals surface area contributed by atoms with Crippen LogP contribution in [0.3, 0.4) is 0 Å². The summed E-state index contributed by atoms with van der Waals surface area (Å²) in [5, 5.41) is 9.00. The van der Waals surface area contributed by atoms with Crippen LogP contribution in [-0.2, 0) is 21.0 Å². The molecule has 0 amide bonds. The maximum atomic E-state index is 11.0. The van der Waals surface area contributed by atoms with E-state index in [1.807, 2.05) is 6.08 Å². The lowest BCUT2D eigenvalue weighted by Gasteiger charge is -2.42. The summed E-state index contributed by atoms with van der Waals surface area (Å²) in [7, 11) is 0. The summed E-state index contributed by atoms with van der Waals surface area (Å²) in [5.74, 6) is -0.216. The largest absolute Gasteiger partial charge is 0.478 e. The Balaban J connectivity index is 1.78. The third-order valence-corrected chi connectivity index (χ3v) is 7.02. The number of hydrogen-bond donors (Lipinski definition) is 1. The molecule has 1 fully saturated rings. The van der Waals surface area contributed by atoms with E-state index in [2.05, 4.69) is 52.0 Å². The molecule has 25 heavy (non-hydrogen) atoms. The third-order valence-electron chi connectivity index (χ3n) is 7.02. The van der Waals surface area contributed by atoms with Gasteiger partial charge in [0.25, 0.3) is 0 Å². The van der Waals surface area contributed by atoms with Crippen LogP contribution in [0.15, 0.2) is 42.0 Å². The minimum absolute atomic E-state index is 0.0681. The molecular formula is C23H28O2. The first-order valence-corrected chi connectivity index (χ1v) is 9.44. The van der Waals surface area contributed by atoms with Crippen molar-refractivity contribution in [3.05, 3.63) is 58.7 Å². The normalized spacial score (nSPS) is 31.4. The van der Waals surface area contributed by atoms with Gasteiger partial charge in [0.15, 0.2) is 0 Å². The van der Waals surface area contributed by atoms with Crippen LogP contribution in [0.1, 0.15) is 70.1 Å². The average molecular weight is 336 g/mol. The van der Waals surface area contributed by atoms with E-state index >= 15 is 0 Å². The Bertz CT molecular complexity index is 809. The molecule has 1 aromatic rings. The predicted molar refractivity (Wildman–Crippen MR) is 101 cm³/mol. The van der Waals surface area contributed by atoms with Crippen LogP contribution >= 0.6 is 0 Å². The van der Waals surface area contributed by atoms with E-state index in [1.165, 1.54) is 41.2 Å². The lowest BCUT2D eigenvalue weighted by molar-refractivity contribution is -0.131. The summed E-state index contributed by atoms with van der Waals surface area (Å²) in [5.41, 5.74) is 6.09. The van der Waals surface area contributed by atoms with Gasteiger partial charge in [-0.2, -0.15) is 0 Å². The zero-order chi connectivity index (χ0) is 18.0. The van der Waals surface area contributed by atoms with Crippen LogP contribution < -0.4 is 0 Å². The number of hydrogen-bond acceptors (Lipinski definition) is 1. The van der Waals surface area contributed by atoms with E-state index in [4.69, 9.17) is 5.11 Å². The number of allylic oxidation sites excluding steroid dienone is 3. The molecule has 3 aliphatic rings. The summed E-state index contributed by atoms with van der Waals surface area (Å²) in [6.45, 7) is 9.44. The van der Waals surface area contributed by atoms with Gasteiger partial charge in [-0.05, 0) is 64.7 Å². The lowest BCUT2D eigenvalue weighted by Crippen LogP contribution is -2.34. The first-order chi connectivity index (χ1) is 11.7. The van der Waals surface area contributed by atoms with Crippen LogP contribution in [-0.4, -0.2) is 11.1 Å². The smallest absolute Gasteiger partial charge is 0.328 e. The van der Waals surface area contributed by atoms with E-state index in [1.54, 1.807) is 0 Å². The summed E-state index contributed by atoms with van der Waals surface area (Å²) < 4.78 is 0. The Hall–Kier alpha value is -1.83. The molecule has 1 aromatic carbocycles. The molecule has 0 radical (unpaired) electrons. The summed E-state index contributed by atoms with van der Waals surface area (Å²) in [4.78, 5) is 11.0. The second-order valence-corrected chi connectivity index (χ2v) is 9.47.